The van der Waals surface area contributed by atoms with Crippen LogP contribution >= 0.6 is 11.3 Å². The van der Waals surface area contributed by atoms with Crippen molar-refractivity contribution < 1.29 is 13.2 Å². The Bertz CT molecular complexity index is 567. The van der Waals surface area contributed by atoms with Gasteiger partial charge in [-0.05, 0) is 30.5 Å². The molecule has 2 rings (SSSR count). The van der Waals surface area contributed by atoms with Gasteiger partial charge >= 0.3 is 6.18 Å². The molecule has 2 heterocycles. The molecule has 0 amide bonds. The fraction of sp³-hybridized carbons (Fsp3) is 0.308. The number of nitrogens with two attached hydrogens (primary N) is 1. The van der Waals surface area contributed by atoms with E-state index in [1.54, 1.807) is 16.2 Å². The average molecular weight is 301 g/mol. The Hall–Kier alpha value is -1.76. The van der Waals surface area contributed by atoms with Gasteiger partial charge in [-0.25, -0.2) is 4.98 Å². The average Bonchev–Trinajstić information content (AvgIpc) is 2.87. The van der Waals surface area contributed by atoms with Crippen LogP contribution in [0.5, 0.6) is 0 Å². The monoisotopic (exact) mass is 301 g/mol. The van der Waals surface area contributed by atoms with Gasteiger partial charge in [-0.2, -0.15) is 13.2 Å². The fourth-order valence-electron chi connectivity index (χ4n) is 1.81. The maximum atomic E-state index is 12.8. The Morgan fingerprint density at radius 3 is 2.65 bits per heavy atom. The van der Waals surface area contributed by atoms with Gasteiger partial charge in [0.25, 0.3) is 0 Å². The number of pyridine rings is 1. The molecular formula is C13H14F3N3S. The molecule has 20 heavy (non-hydrogen) atoms. The second-order valence-electron chi connectivity index (χ2n) is 4.23. The highest BCUT2D eigenvalue weighted by atomic mass is 32.1. The molecule has 0 bridgehead atoms. The number of aromatic nitrogens is 1. The van der Waals surface area contributed by atoms with Crippen molar-refractivity contribution in [3.05, 3.63) is 40.1 Å². The van der Waals surface area contributed by atoms with E-state index < -0.39 is 11.7 Å². The number of rotatable bonds is 4. The largest absolute Gasteiger partial charge is 0.416 e. The van der Waals surface area contributed by atoms with Gasteiger partial charge in [-0.15, -0.1) is 11.3 Å². The van der Waals surface area contributed by atoms with Gasteiger partial charge in [0.05, 0.1) is 12.1 Å². The summed E-state index contributed by atoms with van der Waals surface area (Å²) in [5, 5.41) is 1.93. The van der Waals surface area contributed by atoms with E-state index >= 15 is 0 Å². The van der Waals surface area contributed by atoms with E-state index in [0.717, 1.165) is 17.0 Å². The summed E-state index contributed by atoms with van der Waals surface area (Å²) in [6.45, 7) is 2.93. The first kappa shape index (κ1) is 14.6. The standard InChI is InChI=1S/C13H14F3N3S/c1-2-19(8-10-4-3-5-20-10)12-7-9(13(14,15)16)6-11(17)18-12/h3-7H,2,8H2,1H3,(H2,17,18). The fourth-order valence-corrected chi connectivity index (χ4v) is 2.53. The van der Waals surface area contributed by atoms with Gasteiger partial charge in [-0.1, -0.05) is 6.07 Å². The molecule has 2 aromatic heterocycles. The molecule has 0 saturated carbocycles. The minimum atomic E-state index is -4.42. The van der Waals surface area contributed by atoms with Crippen LogP contribution in [0.2, 0.25) is 0 Å². The zero-order chi connectivity index (χ0) is 14.8. The molecule has 3 nitrogen and oxygen atoms in total. The molecule has 2 aromatic rings. The smallest absolute Gasteiger partial charge is 0.384 e. The van der Waals surface area contributed by atoms with Gasteiger partial charge in [0.15, 0.2) is 0 Å². The van der Waals surface area contributed by atoms with Crippen molar-refractivity contribution >= 4 is 23.0 Å². The van der Waals surface area contributed by atoms with Crippen molar-refractivity contribution in [3.8, 4) is 0 Å². The van der Waals surface area contributed by atoms with Crippen LogP contribution in [0.25, 0.3) is 0 Å². The maximum absolute atomic E-state index is 12.8. The van der Waals surface area contributed by atoms with Crippen LogP contribution in [0, 0.1) is 0 Å². The van der Waals surface area contributed by atoms with Crippen molar-refractivity contribution in [2.45, 2.75) is 19.6 Å². The summed E-state index contributed by atoms with van der Waals surface area (Å²) in [5.74, 6) is 0.118. The van der Waals surface area contributed by atoms with E-state index in [9.17, 15) is 13.2 Å². The lowest BCUT2D eigenvalue weighted by Gasteiger charge is -2.22. The summed E-state index contributed by atoms with van der Waals surface area (Å²) in [6, 6.07) is 5.72. The predicted octanol–water partition coefficient (Wildman–Crippen LogP) is 3.77. The number of nitrogen functional groups attached to an aromatic ring is 1. The molecule has 0 spiro atoms. The lowest BCUT2D eigenvalue weighted by atomic mass is 10.2. The highest BCUT2D eigenvalue weighted by Crippen LogP contribution is 2.32. The van der Waals surface area contributed by atoms with E-state index in [4.69, 9.17) is 5.73 Å². The SMILES string of the molecule is CCN(Cc1cccs1)c1cc(C(F)(F)F)cc(N)n1. The van der Waals surface area contributed by atoms with Crippen LogP contribution in [0.4, 0.5) is 24.8 Å². The Kier molecular flexibility index (Phi) is 4.17. The molecule has 108 valence electrons. The molecule has 0 aliphatic carbocycles. The van der Waals surface area contributed by atoms with Gasteiger partial charge < -0.3 is 10.6 Å². The normalized spacial score (nSPS) is 11.6. The molecule has 0 radical (unpaired) electrons. The van der Waals surface area contributed by atoms with Crippen LogP contribution in [-0.4, -0.2) is 11.5 Å². The molecule has 7 heteroatoms. The van der Waals surface area contributed by atoms with Crippen LogP contribution in [-0.2, 0) is 12.7 Å². The first-order chi connectivity index (χ1) is 9.40. The molecule has 0 aliphatic rings. The molecule has 0 aliphatic heterocycles. The summed E-state index contributed by atoms with van der Waals surface area (Å²) >= 11 is 1.55. The minimum Gasteiger partial charge on any atom is -0.384 e. The maximum Gasteiger partial charge on any atom is 0.416 e. The number of halogens is 3. The van der Waals surface area contributed by atoms with Crippen molar-refractivity contribution in [3.63, 3.8) is 0 Å². The number of hydrogen-bond donors (Lipinski definition) is 1. The number of hydrogen-bond acceptors (Lipinski definition) is 4. The Labute approximate surface area is 118 Å². The summed E-state index contributed by atoms with van der Waals surface area (Å²) in [6.07, 6.45) is -4.42. The zero-order valence-electron chi connectivity index (χ0n) is 10.8. The van der Waals surface area contributed by atoms with Gasteiger partial charge in [-0.3, -0.25) is 0 Å². The van der Waals surface area contributed by atoms with Gasteiger partial charge in [0, 0.05) is 11.4 Å². The van der Waals surface area contributed by atoms with Crippen LogP contribution in [0.3, 0.4) is 0 Å². The first-order valence-electron chi connectivity index (χ1n) is 6.02. The molecule has 0 aromatic carbocycles. The lowest BCUT2D eigenvalue weighted by molar-refractivity contribution is -0.137. The zero-order valence-corrected chi connectivity index (χ0v) is 11.6. The second kappa shape index (κ2) is 5.70. The van der Waals surface area contributed by atoms with Crippen LogP contribution < -0.4 is 10.6 Å². The molecule has 0 fully saturated rings. The van der Waals surface area contributed by atoms with E-state index in [1.807, 2.05) is 24.4 Å². The Morgan fingerprint density at radius 1 is 1.35 bits per heavy atom. The summed E-state index contributed by atoms with van der Waals surface area (Å²) in [5.41, 5.74) is 4.71. The van der Waals surface area contributed by atoms with E-state index in [1.165, 1.54) is 0 Å². The molecule has 0 unspecified atom stereocenters. The number of thiophene rings is 1. The number of nitrogens with zero attached hydrogens (tertiary/aromatic N) is 2. The third kappa shape index (κ3) is 3.41. The molecule has 0 atom stereocenters. The number of anilines is 2. The van der Waals surface area contributed by atoms with Crippen LogP contribution in [0.1, 0.15) is 17.4 Å². The first-order valence-corrected chi connectivity index (χ1v) is 6.90. The quantitative estimate of drug-likeness (QED) is 0.934. The van der Waals surface area contributed by atoms with Crippen LogP contribution in [0.15, 0.2) is 29.6 Å². The lowest BCUT2D eigenvalue weighted by Crippen LogP contribution is -2.23. The van der Waals surface area contributed by atoms with Gasteiger partial charge in [0.1, 0.15) is 11.6 Å². The van der Waals surface area contributed by atoms with E-state index in [-0.39, 0.29) is 11.6 Å². The second-order valence-corrected chi connectivity index (χ2v) is 5.26. The predicted molar refractivity (Wildman–Crippen MR) is 74.7 cm³/mol. The molecule has 2 N–H and O–H groups in total. The van der Waals surface area contributed by atoms with Crippen molar-refractivity contribution in [2.75, 3.05) is 17.2 Å². The molecule has 0 saturated heterocycles. The Balaban J connectivity index is 2.32. The summed E-state index contributed by atoms with van der Waals surface area (Å²) in [4.78, 5) is 6.83. The van der Waals surface area contributed by atoms with Crippen molar-refractivity contribution in [1.82, 2.24) is 4.98 Å². The number of alkyl halides is 3. The van der Waals surface area contributed by atoms with Gasteiger partial charge in [0.2, 0.25) is 0 Å². The summed E-state index contributed by atoms with van der Waals surface area (Å²) in [7, 11) is 0. The Morgan fingerprint density at radius 2 is 2.10 bits per heavy atom. The highest BCUT2D eigenvalue weighted by molar-refractivity contribution is 7.09. The summed E-state index contributed by atoms with van der Waals surface area (Å²) < 4.78 is 38.4. The van der Waals surface area contributed by atoms with Crippen molar-refractivity contribution in [2.24, 2.45) is 0 Å². The molecular weight excluding hydrogens is 287 g/mol. The third-order valence-corrected chi connectivity index (χ3v) is 3.65. The van der Waals surface area contributed by atoms with E-state index in [2.05, 4.69) is 4.98 Å². The highest BCUT2D eigenvalue weighted by Gasteiger charge is 2.32. The van der Waals surface area contributed by atoms with E-state index in [0.29, 0.717) is 13.1 Å². The van der Waals surface area contributed by atoms with Crippen molar-refractivity contribution in [1.29, 1.82) is 0 Å². The minimum absolute atomic E-state index is 0.126. The third-order valence-electron chi connectivity index (χ3n) is 2.79. The topological polar surface area (TPSA) is 42.1 Å².